The third-order valence-corrected chi connectivity index (χ3v) is 6.02. The van der Waals surface area contributed by atoms with Crippen LogP contribution in [0.3, 0.4) is 0 Å². The van der Waals surface area contributed by atoms with Gasteiger partial charge in [0.15, 0.2) is 0 Å². The van der Waals surface area contributed by atoms with Crippen LogP contribution in [0.25, 0.3) is 0 Å². The van der Waals surface area contributed by atoms with E-state index in [1.54, 1.807) is 12.1 Å². The van der Waals surface area contributed by atoms with Gasteiger partial charge in [0.05, 0.1) is 31.0 Å². The molecule has 0 unspecified atom stereocenters. The number of hydrogen-bond acceptors (Lipinski definition) is 6. The van der Waals surface area contributed by atoms with Crippen molar-refractivity contribution in [1.82, 2.24) is 15.5 Å². The number of benzene rings is 2. The molecule has 2 aliphatic heterocycles. The summed E-state index contributed by atoms with van der Waals surface area (Å²) in [7, 11) is 1.31. The molecule has 2 aromatic carbocycles. The second-order valence-electron chi connectivity index (χ2n) is 8.13. The van der Waals surface area contributed by atoms with Gasteiger partial charge in [0.25, 0.3) is 0 Å². The smallest absolute Gasteiger partial charge is 0.338 e. The van der Waals surface area contributed by atoms with Gasteiger partial charge in [-0.3, -0.25) is 4.90 Å². The van der Waals surface area contributed by atoms with E-state index in [0.717, 1.165) is 37.6 Å². The molecule has 0 bridgehead atoms. The van der Waals surface area contributed by atoms with Crippen molar-refractivity contribution in [1.29, 1.82) is 0 Å². The Labute approximate surface area is 198 Å². The normalized spacial score (nSPS) is 18.9. The van der Waals surface area contributed by atoms with E-state index in [4.69, 9.17) is 9.47 Å². The maximum Gasteiger partial charge on any atom is 0.338 e. The van der Waals surface area contributed by atoms with E-state index in [0.29, 0.717) is 30.0 Å². The first-order valence-corrected chi connectivity index (χ1v) is 11.3. The number of carbonyl (C=O) groups excluding carboxylic acids is 2. The Kier molecular flexibility index (Phi) is 7.32. The number of ether oxygens (including phenoxy) is 2. The Morgan fingerprint density at radius 3 is 2.47 bits per heavy atom. The van der Waals surface area contributed by atoms with E-state index in [1.165, 1.54) is 19.2 Å². The van der Waals surface area contributed by atoms with Crippen LogP contribution in [0, 0.1) is 5.82 Å². The molecule has 4 rings (SSSR count). The van der Waals surface area contributed by atoms with Crippen LogP contribution in [-0.4, -0.2) is 63.3 Å². The number of rotatable bonds is 7. The fourth-order valence-corrected chi connectivity index (χ4v) is 4.37. The minimum atomic E-state index is -0.726. The second kappa shape index (κ2) is 10.6. The van der Waals surface area contributed by atoms with Crippen LogP contribution in [0.4, 0.5) is 14.9 Å². The summed E-state index contributed by atoms with van der Waals surface area (Å²) in [5, 5.41) is 5.55. The molecule has 180 valence electrons. The minimum Gasteiger partial charge on any atom is -0.492 e. The van der Waals surface area contributed by atoms with E-state index >= 15 is 0 Å². The van der Waals surface area contributed by atoms with Crippen molar-refractivity contribution in [2.45, 2.75) is 13.0 Å². The number of nitrogens with one attached hydrogen (secondary N) is 2. The average molecular weight is 469 g/mol. The SMILES string of the molecule is CCOc1ccccc1N1CCN(CC2=C(C(=O)OC)[C@@H](c3ccc(F)cc3)NC(=O)N2)CC1. The fraction of sp³-hybridized carbons (Fsp3) is 0.360. The average Bonchev–Trinajstić information content (AvgIpc) is 2.85. The van der Waals surface area contributed by atoms with E-state index in [2.05, 4.69) is 26.5 Å². The van der Waals surface area contributed by atoms with Gasteiger partial charge in [-0.2, -0.15) is 0 Å². The first-order valence-electron chi connectivity index (χ1n) is 11.3. The molecule has 34 heavy (non-hydrogen) atoms. The Bertz CT molecular complexity index is 1060. The molecule has 0 radical (unpaired) electrons. The Morgan fingerprint density at radius 2 is 1.79 bits per heavy atom. The summed E-state index contributed by atoms with van der Waals surface area (Å²) in [6.45, 7) is 5.98. The molecule has 0 aromatic heterocycles. The van der Waals surface area contributed by atoms with Crippen molar-refractivity contribution < 1.29 is 23.5 Å². The number of anilines is 1. The zero-order valence-electron chi connectivity index (χ0n) is 19.3. The largest absolute Gasteiger partial charge is 0.492 e. The van der Waals surface area contributed by atoms with Crippen molar-refractivity contribution in [2.75, 3.05) is 51.3 Å². The van der Waals surface area contributed by atoms with Crippen molar-refractivity contribution in [3.8, 4) is 5.75 Å². The topological polar surface area (TPSA) is 83.1 Å². The third-order valence-electron chi connectivity index (χ3n) is 6.02. The molecule has 2 aliphatic rings. The number of hydrogen-bond donors (Lipinski definition) is 2. The van der Waals surface area contributed by atoms with Gasteiger partial charge < -0.3 is 25.0 Å². The number of urea groups is 1. The van der Waals surface area contributed by atoms with E-state index in [-0.39, 0.29) is 0 Å². The van der Waals surface area contributed by atoms with Gasteiger partial charge in [0.1, 0.15) is 11.6 Å². The number of halogens is 1. The highest BCUT2D eigenvalue weighted by molar-refractivity contribution is 5.95. The van der Waals surface area contributed by atoms with Crippen molar-refractivity contribution in [3.05, 3.63) is 71.2 Å². The van der Waals surface area contributed by atoms with Gasteiger partial charge >= 0.3 is 12.0 Å². The van der Waals surface area contributed by atoms with Gasteiger partial charge in [0, 0.05) is 38.4 Å². The maximum absolute atomic E-state index is 13.4. The highest BCUT2D eigenvalue weighted by atomic mass is 19.1. The Morgan fingerprint density at radius 1 is 1.09 bits per heavy atom. The van der Waals surface area contributed by atoms with E-state index in [9.17, 15) is 14.0 Å². The molecule has 2 amide bonds. The summed E-state index contributed by atoms with van der Waals surface area (Å²) < 4.78 is 24.2. The quantitative estimate of drug-likeness (QED) is 0.608. The lowest BCUT2D eigenvalue weighted by atomic mass is 9.95. The molecule has 0 aliphatic carbocycles. The molecular formula is C25H29FN4O4. The number of esters is 1. The van der Waals surface area contributed by atoms with Crippen LogP contribution >= 0.6 is 0 Å². The van der Waals surface area contributed by atoms with Gasteiger partial charge in [-0.05, 0) is 36.8 Å². The van der Waals surface area contributed by atoms with Crippen LogP contribution < -0.4 is 20.3 Å². The summed E-state index contributed by atoms with van der Waals surface area (Å²) in [5.41, 5.74) is 2.47. The third kappa shape index (κ3) is 5.14. The molecular weight excluding hydrogens is 439 g/mol. The Balaban J connectivity index is 1.53. The highest BCUT2D eigenvalue weighted by Gasteiger charge is 2.34. The number of methoxy groups -OCH3 is 1. The number of nitrogens with zero attached hydrogens (tertiary/aromatic N) is 2. The van der Waals surface area contributed by atoms with Gasteiger partial charge in [0.2, 0.25) is 0 Å². The molecule has 2 N–H and O–H groups in total. The van der Waals surface area contributed by atoms with Crippen LogP contribution in [-0.2, 0) is 9.53 Å². The Hall–Kier alpha value is -3.59. The maximum atomic E-state index is 13.4. The number of carbonyl (C=O) groups is 2. The fourth-order valence-electron chi connectivity index (χ4n) is 4.37. The molecule has 0 saturated carbocycles. The van der Waals surface area contributed by atoms with E-state index < -0.39 is 23.9 Å². The van der Waals surface area contributed by atoms with Crippen LogP contribution in [0.2, 0.25) is 0 Å². The zero-order chi connectivity index (χ0) is 24.1. The first-order chi connectivity index (χ1) is 16.5. The van der Waals surface area contributed by atoms with Crippen LogP contribution in [0.15, 0.2) is 59.8 Å². The zero-order valence-corrected chi connectivity index (χ0v) is 19.3. The minimum absolute atomic E-state index is 0.317. The predicted molar refractivity (Wildman–Crippen MR) is 126 cm³/mol. The molecule has 2 aromatic rings. The molecule has 1 atom stereocenters. The second-order valence-corrected chi connectivity index (χ2v) is 8.13. The highest BCUT2D eigenvalue weighted by Crippen LogP contribution is 2.30. The molecule has 1 saturated heterocycles. The van der Waals surface area contributed by atoms with Crippen molar-refractivity contribution in [3.63, 3.8) is 0 Å². The van der Waals surface area contributed by atoms with E-state index in [1.807, 2.05) is 25.1 Å². The van der Waals surface area contributed by atoms with Crippen molar-refractivity contribution in [2.24, 2.45) is 0 Å². The summed E-state index contributed by atoms with van der Waals surface area (Å²) in [6, 6.07) is 12.6. The van der Waals surface area contributed by atoms with Crippen LogP contribution in [0.5, 0.6) is 5.75 Å². The molecule has 0 spiro atoms. The molecule has 9 heteroatoms. The lowest BCUT2D eigenvalue weighted by molar-refractivity contribution is -0.136. The predicted octanol–water partition coefficient (Wildman–Crippen LogP) is 2.83. The monoisotopic (exact) mass is 468 g/mol. The molecule has 1 fully saturated rings. The summed E-state index contributed by atoms with van der Waals surface area (Å²) >= 11 is 0. The molecule has 8 nitrogen and oxygen atoms in total. The number of amides is 2. The summed E-state index contributed by atoms with van der Waals surface area (Å²) in [4.78, 5) is 29.6. The standard InChI is InChI=1S/C25H29FN4O4/c1-3-34-21-7-5-4-6-20(21)30-14-12-29(13-15-30)16-19-22(24(31)33-2)23(28-25(32)27-19)17-8-10-18(26)11-9-17/h4-11,23H,3,12-16H2,1-2H3,(H2,27,28,32)/t23-/m1/s1. The number of piperazine rings is 1. The summed E-state index contributed by atoms with van der Waals surface area (Å²) in [6.07, 6.45) is 0. The lowest BCUT2D eigenvalue weighted by Crippen LogP contribution is -2.51. The van der Waals surface area contributed by atoms with Gasteiger partial charge in [-0.1, -0.05) is 24.3 Å². The lowest BCUT2D eigenvalue weighted by Gasteiger charge is -2.38. The van der Waals surface area contributed by atoms with Crippen LogP contribution in [0.1, 0.15) is 18.5 Å². The first kappa shape index (κ1) is 23.6. The van der Waals surface area contributed by atoms with Crippen molar-refractivity contribution >= 4 is 17.7 Å². The van der Waals surface area contributed by atoms with Gasteiger partial charge in [-0.25, -0.2) is 14.0 Å². The van der Waals surface area contributed by atoms with Gasteiger partial charge in [-0.15, -0.1) is 0 Å². The molecule has 2 heterocycles. The number of para-hydroxylation sites is 2. The summed E-state index contributed by atoms with van der Waals surface area (Å²) in [5.74, 6) is -0.0698.